The smallest absolute Gasteiger partial charge is 0.188 e. The third-order valence-corrected chi connectivity index (χ3v) is 3.05. The van der Waals surface area contributed by atoms with Crippen LogP contribution in [0, 0.1) is 6.92 Å². The molecule has 0 fully saturated rings. The van der Waals surface area contributed by atoms with Crippen LogP contribution in [0.15, 0.2) is 17.1 Å². The van der Waals surface area contributed by atoms with Crippen LogP contribution in [0.1, 0.15) is 23.6 Å². The Morgan fingerprint density at radius 2 is 2.33 bits per heavy atom. The fourth-order valence-electron chi connectivity index (χ4n) is 1.42. The monoisotopic (exact) mass is 225 g/mol. The minimum absolute atomic E-state index is 0.332. The van der Waals surface area contributed by atoms with Crippen molar-refractivity contribution in [3.05, 3.63) is 21.9 Å². The van der Waals surface area contributed by atoms with Crippen molar-refractivity contribution in [3.63, 3.8) is 0 Å². The molecule has 3 N–H and O–H groups in total. The summed E-state index contributed by atoms with van der Waals surface area (Å²) in [5, 5.41) is 3.17. The molecule has 0 bridgehead atoms. The first-order valence-electron chi connectivity index (χ1n) is 5.23. The van der Waals surface area contributed by atoms with E-state index in [4.69, 9.17) is 5.73 Å². The van der Waals surface area contributed by atoms with Crippen LogP contribution < -0.4 is 11.1 Å². The molecule has 0 aromatic carbocycles. The summed E-state index contributed by atoms with van der Waals surface area (Å²) in [6.45, 7) is 6.94. The van der Waals surface area contributed by atoms with E-state index in [2.05, 4.69) is 36.3 Å². The van der Waals surface area contributed by atoms with Gasteiger partial charge in [0.25, 0.3) is 0 Å². The Balaban J connectivity index is 2.42. The van der Waals surface area contributed by atoms with Crippen LogP contribution in [0.2, 0.25) is 0 Å². The highest BCUT2D eigenvalue weighted by molar-refractivity contribution is 7.11. The normalized spacial score (nSPS) is 13.9. The van der Waals surface area contributed by atoms with Crippen LogP contribution in [-0.4, -0.2) is 18.5 Å². The molecule has 1 atom stereocenters. The van der Waals surface area contributed by atoms with Gasteiger partial charge in [-0.1, -0.05) is 0 Å². The van der Waals surface area contributed by atoms with Gasteiger partial charge < -0.3 is 11.1 Å². The molecule has 1 aromatic heterocycles. The van der Waals surface area contributed by atoms with E-state index >= 15 is 0 Å². The van der Waals surface area contributed by atoms with Crippen molar-refractivity contribution in [1.29, 1.82) is 0 Å². The first kappa shape index (κ1) is 12.0. The summed E-state index contributed by atoms with van der Waals surface area (Å²) in [4.78, 5) is 6.84. The van der Waals surface area contributed by atoms with Gasteiger partial charge in [-0.25, -0.2) is 0 Å². The Labute approximate surface area is 95.4 Å². The fraction of sp³-hybridized carbons (Fsp3) is 0.545. The number of rotatable bonds is 4. The zero-order valence-electron chi connectivity index (χ0n) is 9.58. The van der Waals surface area contributed by atoms with Gasteiger partial charge in [-0.2, -0.15) is 0 Å². The zero-order valence-corrected chi connectivity index (χ0v) is 10.4. The average Bonchev–Trinajstić information content (AvgIpc) is 2.51. The minimum atomic E-state index is 0.332. The molecule has 1 rings (SSSR count). The molecule has 15 heavy (non-hydrogen) atoms. The number of hydrogen-bond acceptors (Lipinski definition) is 2. The third-order valence-electron chi connectivity index (χ3n) is 2.03. The average molecular weight is 225 g/mol. The maximum atomic E-state index is 5.69. The summed E-state index contributed by atoms with van der Waals surface area (Å²) in [6, 6.07) is 4.65. The first-order valence-corrected chi connectivity index (χ1v) is 6.05. The SMILES string of the molecule is CCN=C(N)NC(C)Cc1ccc(C)s1. The van der Waals surface area contributed by atoms with Crippen LogP contribution >= 0.6 is 11.3 Å². The van der Waals surface area contributed by atoms with E-state index in [1.165, 1.54) is 9.75 Å². The first-order chi connectivity index (χ1) is 7.11. The van der Waals surface area contributed by atoms with Crippen LogP contribution in [-0.2, 0) is 6.42 Å². The summed E-state index contributed by atoms with van der Waals surface area (Å²) in [5.41, 5.74) is 5.69. The van der Waals surface area contributed by atoms with E-state index < -0.39 is 0 Å². The van der Waals surface area contributed by atoms with Gasteiger partial charge in [0.05, 0.1) is 0 Å². The lowest BCUT2D eigenvalue weighted by molar-refractivity contribution is 0.660. The summed E-state index contributed by atoms with van der Waals surface area (Å²) < 4.78 is 0. The van der Waals surface area contributed by atoms with Gasteiger partial charge in [-0.05, 0) is 32.9 Å². The molecular formula is C11H19N3S. The molecule has 0 saturated carbocycles. The van der Waals surface area contributed by atoms with E-state index in [-0.39, 0.29) is 0 Å². The maximum Gasteiger partial charge on any atom is 0.188 e. The Kier molecular flexibility index (Phi) is 4.62. The minimum Gasteiger partial charge on any atom is -0.370 e. The van der Waals surface area contributed by atoms with Crippen molar-refractivity contribution < 1.29 is 0 Å². The van der Waals surface area contributed by atoms with Crippen molar-refractivity contribution in [2.45, 2.75) is 33.2 Å². The van der Waals surface area contributed by atoms with Crippen LogP contribution in [0.4, 0.5) is 0 Å². The molecular weight excluding hydrogens is 206 g/mol. The molecule has 0 aliphatic carbocycles. The largest absolute Gasteiger partial charge is 0.370 e. The fourth-order valence-corrected chi connectivity index (χ4v) is 2.44. The predicted molar refractivity (Wildman–Crippen MR) is 67.5 cm³/mol. The number of aliphatic imine (C=N–C) groups is 1. The number of guanidine groups is 1. The van der Waals surface area contributed by atoms with Gasteiger partial charge >= 0.3 is 0 Å². The topological polar surface area (TPSA) is 50.4 Å². The van der Waals surface area contributed by atoms with Crippen LogP contribution in [0.25, 0.3) is 0 Å². The van der Waals surface area contributed by atoms with E-state index in [9.17, 15) is 0 Å². The number of thiophene rings is 1. The lowest BCUT2D eigenvalue weighted by Gasteiger charge is -2.13. The molecule has 3 nitrogen and oxygen atoms in total. The quantitative estimate of drug-likeness (QED) is 0.607. The van der Waals surface area contributed by atoms with E-state index in [1.54, 1.807) is 0 Å². The summed E-state index contributed by atoms with van der Waals surface area (Å²) in [7, 11) is 0. The maximum absolute atomic E-state index is 5.69. The van der Waals surface area contributed by atoms with Gasteiger partial charge in [-0.3, -0.25) is 4.99 Å². The molecule has 1 aromatic rings. The van der Waals surface area contributed by atoms with Gasteiger partial charge in [0.1, 0.15) is 0 Å². The second-order valence-electron chi connectivity index (χ2n) is 3.62. The van der Waals surface area contributed by atoms with Crippen molar-refractivity contribution >= 4 is 17.3 Å². The molecule has 0 saturated heterocycles. The Morgan fingerprint density at radius 3 is 2.87 bits per heavy atom. The molecule has 84 valence electrons. The molecule has 0 spiro atoms. The van der Waals surface area contributed by atoms with E-state index in [0.29, 0.717) is 12.0 Å². The molecule has 0 aliphatic heterocycles. The summed E-state index contributed by atoms with van der Waals surface area (Å²) >= 11 is 1.84. The molecule has 0 amide bonds. The second-order valence-corrected chi connectivity index (χ2v) is 4.99. The number of aryl methyl sites for hydroxylation is 1. The highest BCUT2D eigenvalue weighted by Crippen LogP contribution is 2.16. The van der Waals surface area contributed by atoms with Crippen molar-refractivity contribution in [2.75, 3.05) is 6.54 Å². The molecule has 0 aliphatic rings. The number of nitrogens with two attached hydrogens (primary N) is 1. The van der Waals surface area contributed by atoms with Gasteiger partial charge in [0, 0.05) is 28.8 Å². The molecule has 0 radical (unpaired) electrons. The summed E-state index contributed by atoms with van der Waals surface area (Å²) in [6.07, 6.45) is 0.998. The lowest BCUT2D eigenvalue weighted by atomic mass is 10.2. The van der Waals surface area contributed by atoms with Crippen molar-refractivity contribution in [3.8, 4) is 0 Å². The third kappa shape index (κ3) is 4.34. The van der Waals surface area contributed by atoms with Gasteiger partial charge in [0.2, 0.25) is 0 Å². The van der Waals surface area contributed by atoms with Crippen molar-refractivity contribution in [1.82, 2.24) is 5.32 Å². The molecule has 1 heterocycles. The number of nitrogens with zero attached hydrogens (tertiary/aromatic N) is 1. The van der Waals surface area contributed by atoms with E-state index in [0.717, 1.165) is 13.0 Å². The number of hydrogen-bond donors (Lipinski definition) is 2. The zero-order chi connectivity index (χ0) is 11.3. The van der Waals surface area contributed by atoms with Crippen molar-refractivity contribution in [2.24, 2.45) is 10.7 Å². The van der Waals surface area contributed by atoms with Gasteiger partial charge in [0.15, 0.2) is 5.96 Å². The Morgan fingerprint density at radius 1 is 1.60 bits per heavy atom. The van der Waals surface area contributed by atoms with E-state index in [1.807, 2.05) is 18.3 Å². The highest BCUT2D eigenvalue weighted by atomic mass is 32.1. The standard InChI is InChI=1S/C11H19N3S/c1-4-13-11(12)14-8(2)7-10-6-5-9(3)15-10/h5-6,8H,4,7H2,1-3H3,(H3,12,13,14). The van der Waals surface area contributed by atoms with Crippen LogP contribution in [0.3, 0.4) is 0 Å². The number of nitrogens with one attached hydrogen (secondary N) is 1. The highest BCUT2D eigenvalue weighted by Gasteiger charge is 2.05. The Bertz CT molecular complexity index is 330. The molecule has 1 unspecified atom stereocenters. The van der Waals surface area contributed by atoms with Gasteiger partial charge in [-0.15, -0.1) is 11.3 Å². The summed E-state index contributed by atoms with van der Waals surface area (Å²) in [5.74, 6) is 0.540. The lowest BCUT2D eigenvalue weighted by Crippen LogP contribution is -2.39. The Hall–Kier alpha value is -1.03. The second kappa shape index (κ2) is 5.75. The van der Waals surface area contributed by atoms with Crippen LogP contribution in [0.5, 0.6) is 0 Å². The predicted octanol–water partition coefficient (Wildman–Crippen LogP) is 1.91. The molecule has 4 heteroatoms.